The zero-order valence-corrected chi connectivity index (χ0v) is 17.9. The van der Waals surface area contributed by atoms with Gasteiger partial charge in [0, 0.05) is 24.7 Å². The highest BCUT2D eigenvalue weighted by Crippen LogP contribution is 2.25. The predicted octanol–water partition coefficient (Wildman–Crippen LogP) is 2.36. The fraction of sp³-hybridized carbons (Fsp3) is 0.375. The number of amides is 3. The molecule has 2 aliphatic heterocycles. The normalized spacial score (nSPS) is 19.9. The minimum absolute atomic E-state index is 0.0218. The first-order chi connectivity index (χ1) is 15.4. The molecule has 0 aliphatic carbocycles. The van der Waals surface area contributed by atoms with Crippen LogP contribution >= 0.6 is 0 Å². The summed E-state index contributed by atoms with van der Waals surface area (Å²) >= 11 is 0. The summed E-state index contributed by atoms with van der Waals surface area (Å²) in [7, 11) is 1.59. The lowest BCUT2D eigenvalue weighted by molar-refractivity contribution is -0.140. The highest BCUT2D eigenvalue weighted by atomic mass is 19.1. The van der Waals surface area contributed by atoms with Gasteiger partial charge in [-0.3, -0.25) is 24.2 Å². The number of hydrogen-bond acceptors (Lipinski definition) is 5. The highest BCUT2D eigenvalue weighted by molar-refractivity contribution is 6.05. The van der Waals surface area contributed by atoms with E-state index < -0.39 is 6.04 Å². The lowest BCUT2D eigenvalue weighted by Gasteiger charge is -2.35. The molecule has 0 bridgehead atoms. The molecule has 2 aromatic rings. The molecule has 4 rings (SSSR count). The average molecular weight is 439 g/mol. The molecule has 2 aromatic carbocycles. The van der Waals surface area contributed by atoms with E-state index in [9.17, 15) is 18.8 Å². The van der Waals surface area contributed by atoms with Crippen LogP contribution in [0.3, 0.4) is 0 Å². The monoisotopic (exact) mass is 439 g/mol. The number of methoxy groups -OCH3 is 1. The van der Waals surface area contributed by atoms with E-state index in [1.54, 1.807) is 7.11 Å². The molecule has 0 radical (unpaired) electrons. The summed E-state index contributed by atoms with van der Waals surface area (Å²) in [4.78, 5) is 41.2. The molecule has 1 N–H and O–H groups in total. The average Bonchev–Trinajstić information content (AvgIpc) is 3.09. The standard InChI is InChI=1S/C24H26FN3O4/c1-32-20-8-2-16(3-9-20)15-28-22(29)14-21(24(28)31)27-12-10-19(11-13-27)26-23(30)17-4-6-18(25)7-5-17/h2-9,19,21H,10-15H2,1H3,(H,26,30)/t21-/m0/s1. The fourth-order valence-electron chi connectivity index (χ4n) is 4.26. The molecule has 0 aromatic heterocycles. The predicted molar refractivity (Wildman–Crippen MR) is 115 cm³/mol. The second-order valence-corrected chi connectivity index (χ2v) is 8.18. The van der Waals surface area contributed by atoms with Crippen LogP contribution in [-0.4, -0.2) is 59.8 Å². The molecule has 7 nitrogen and oxygen atoms in total. The van der Waals surface area contributed by atoms with Crippen LogP contribution in [0.4, 0.5) is 4.39 Å². The third-order valence-electron chi connectivity index (χ3n) is 6.13. The summed E-state index contributed by atoms with van der Waals surface area (Å²) in [6, 6.07) is 12.3. The second kappa shape index (κ2) is 9.48. The van der Waals surface area contributed by atoms with Gasteiger partial charge in [-0.1, -0.05) is 12.1 Å². The minimum Gasteiger partial charge on any atom is -0.497 e. The summed E-state index contributed by atoms with van der Waals surface area (Å²) in [5, 5.41) is 2.98. The van der Waals surface area contributed by atoms with E-state index in [4.69, 9.17) is 4.74 Å². The van der Waals surface area contributed by atoms with Crippen LogP contribution in [0.15, 0.2) is 48.5 Å². The number of piperidine rings is 1. The van der Waals surface area contributed by atoms with Gasteiger partial charge >= 0.3 is 0 Å². The molecule has 0 unspecified atom stereocenters. The highest BCUT2D eigenvalue weighted by Gasteiger charge is 2.42. The van der Waals surface area contributed by atoms with Crippen LogP contribution in [0.1, 0.15) is 35.2 Å². The minimum atomic E-state index is -0.450. The zero-order valence-electron chi connectivity index (χ0n) is 17.9. The number of likely N-dealkylation sites (tertiary alicyclic amines) is 2. The van der Waals surface area contributed by atoms with Crippen molar-refractivity contribution in [3.63, 3.8) is 0 Å². The van der Waals surface area contributed by atoms with Crippen molar-refractivity contribution in [2.45, 2.75) is 37.9 Å². The number of hydrogen-bond donors (Lipinski definition) is 1. The molecule has 2 fully saturated rings. The van der Waals surface area contributed by atoms with Crippen molar-refractivity contribution in [1.29, 1.82) is 0 Å². The molecule has 168 valence electrons. The van der Waals surface area contributed by atoms with E-state index in [2.05, 4.69) is 5.32 Å². The first-order valence-corrected chi connectivity index (χ1v) is 10.7. The number of carbonyl (C=O) groups is 3. The molecule has 0 saturated carbocycles. The van der Waals surface area contributed by atoms with E-state index in [-0.39, 0.29) is 42.5 Å². The van der Waals surface area contributed by atoms with Crippen LogP contribution in [0, 0.1) is 5.82 Å². The maximum atomic E-state index is 13.0. The van der Waals surface area contributed by atoms with Crippen LogP contribution in [0.2, 0.25) is 0 Å². The van der Waals surface area contributed by atoms with Gasteiger partial charge in [0.1, 0.15) is 11.6 Å². The number of carbonyl (C=O) groups excluding carboxylic acids is 3. The Morgan fingerprint density at radius 3 is 2.34 bits per heavy atom. The number of halogens is 1. The van der Waals surface area contributed by atoms with Crippen LogP contribution < -0.4 is 10.1 Å². The Bertz CT molecular complexity index is 985. The summed E-state index contributed by atoms with van der Waals surface area (Å²) < 4.78 is 18.2. The Morgan fingerprint density at radius 1 is 1.06 bits per heavy atom. The first kappa shape index (κ1) is 22.0. The van der Waals surface area contributed by atoms with E-state index >= 15 is 0 Å². The molecular formula is C24H26FN3O4. The van der Waals surface area contributed by atoms with Crippen molar-refractivity contribution in [1.82, 2.24) is 15.1 Å². The Kier molecular flexibility index (Phi) is 6.50. The van der Waals surface area contributed by atoms with Gasteiger partial charge in [0.2, 0.25) is 11.8 Å². The van der Waals surface area contributed by atoms with Gasteiger partial charge in [-0.15, -0.1) is 0 Å². The molecule has 8 heteroatoms. The van der Waals surface area contributed by atoms with E-state index in [1.807, 2.05) is 29.2 Å². The largest absolute Gasteiger partial charge is 0.497 e. The molecule has 3 amide bonds. The zero-order chi connectivity index (χ0) is 22.7. The molecule has 0 spiro atoms. The summed E-state index contributed by atoms with van der Waals surface area (Å²) in [6.45, 7) is 1.49. The molecule has 2 heterocycles. The number of nitrogens with zero attached hydrogens (tertiary/aromatic N) is 2. The van der Waals surface area contributed by atoms with Gasteiger partial charge in [0.15, 0.2) is 0 Å². The lowest BCUT2D eigenvalue weighted by atomic mass is 10.0. The Labute approximate surface area is 186 Å². The Hall–Kier alpha value is -3.26. The topological polar surface area (TPSA) is 79.0 Å². The van der Waals surface area contributed by atoms with E-state index in [0.717, 1.165) is 11.3 Å². The molecule has 32 heavy (non-hydrogen) atoms. The maximum Gasteiger partial charge on any atom is 0.251 e. The molecule has 1 atom stereocenters. The van der Waals surface area contributed by atoms with Gasteiger partial charge < -0.3 is 10.1 Å². The molecule has 2 aliphatic rings. The van der Waals surface area contributed by atoms with E-state index in [1.165, 1.54) is 29.2 Å². The number of benzene rings is 2. The summed E-state index contributed by atoms with van der Waals surface area (Å²) in [5.41, 5.74) is 1.29. The van der Waals surface area contributed by atoms with Gasteiger partial charge in [-0.05, 0) is 54.8 Å². The first-order valence-electron chi connectivity index (χ1n) is 10.7. The Balaban J connectivity index is 1.30. The SMILES string of the molecule is COc1ccc(CN2C(=O)C[C@H](N3CCC(NC(=O)c4ccc(F)cc4)CC3)C2=O)cc1. The Morgan fingerprint density at radius 2 is 1.72 bits per heavy atom. The quantitative estimate of drug-likeness (QED) is 0.699. The number of imide groups is 1. The van der Waals surface area contributed by atoms with Crippen molar-refractivity contribution >= 4 is 17.7 Å². The van der Waals surface area contributed by atoms with Crippen molar-refractivity contribution in [2.24, 2.45) is 0 Å². The fourth-order valence-corrected chi connectivity index (χ4v) is 4.26. The van der Waals surface area contributed by atoms with Crippen LogP contribution in [-0.2, 0) is 16.1 Å². The summed E-state index contributed by atoms with van der Waals surface area (Å²) in [6.07, 6.45) is 1.55. The number of ether oxygens (including phenoxy) is 1. The van der Waals surface area contributed by atoms with Gasteiger partial charge in [0.05, 0.1) is 26.1 Å². The van der Waals surface area contributed by atoms with Gasteiger partial charge in [0.25, 0.3) is 5.91 Å². The number of nitrogens with one attached hydrogen (secondary N) is 1. The molecular weight excluding hydrogens is 413 g/mol. The van der Waals surface area contributed by atoms with Crippen LogP contribution in [0.5, 0.6) is 5.75 Å². The lowest BCUT2D eigenvalue weighted by Crippen LogP contribution is -2.50. The summed E-state index contributed by atoms with van der Waals surface area (Å²) in [5.74, 6) is -0.227. The van der Waals surface area contributed by atoms with Crippen molar-refractivity contribution in [3.8, 4) is 5.75 Å². The maximum absolute atomic E-state index is 13.0. The van der Waals surface area contributed by atoms with Gasteiger partial charge in [-0.25, -0.2) is 4.39 Å². The third kappa shape index (κ3) is 4.80. The van der Waals surface area contributed by atoms with Crippen molar-refractivity contribution < 1.29 is 23.5 Å². The number of rotatable bonds is 6. The second-order valence-electron chi connectivity index (χ2n) is 8.18. The molecule has 2 saturated heterocycles. The van der Waals surface area contributed by atoms with Crippen molar-refractivity contribution in [3.05, 3.63) is 65.5 Å². The smallest absolute Gasteiger partial charge is 0.251 e. The van der Waals surface area contributed by atoms with Gasteiger partial charge in [-0.2, -0.15) is 0 Å². The third-order valence-corrected chi connectivity index (χ3v) is 6.13. The van der Waals surface area contributed by atoms with E-state index in [0.29, 0.717) is 31.5 Å². The van der Waals surface area contributed by atoms with Crippen molar-refractivity contribution in [2.75, 3.05) is 20.2 Å². The van der Waals surface area contributed by atoms with Crippen LogP contribution in [0.25, 0.3) is 0 Å².